The lowest BCUT2D eigenvalue weighted by molar-refractivity contribution is 0.648. The van der Waals surface area contributed by atoms with E-state index >= 15 is 0 Å². The van der Waals surface area contributed by atoms with E-state index in [4.69, 9.17) is 4.98 Å². The molecule has 0 saturated heterocycles. The zero-order valence-corrected chi connectivity index (χ0v) is 18.9. The van der Waals surface area contributed by atoms with Crippen molar-refractivity contribution < 1.29 is 0 Å². The van der Waals surface area contributed by atoms with E-state index < -0.39 is 0 Å². The highest BCUT2D eigenvalue weighted by atomic mass is 32.2. The molecule has 154 valence electrons. The predicted molar refractivity (Wildman–Crippen MR) is 124 cm³/mol. The second-order valence-corrected chi connectivity index (χ2v) is 10.2. The van der Waals surface area contributed by atoms with Gasteiger partial charge in [-0.3, -0.25) is 13.9 Å². The van der Waals surface area contributed by atoms with Crippen molar-refractivity contribution in [3.63, 3.8) is 0 Å². The minimum absolute atomic E-state index is 0.0230. The highest BCUT2D eigenvalue weighted by molar-refractivity contribution is 8.00. The molecule has 1 aliphatic rings. The summed E-state index contributed by atoms with van der Waals surface area (Å²) in [5, 5.41) is 3.99. The summed E-state index contributed by atoms with van der Waals surface area (Å²) in [6.07, 6.45) is 0. The van der Waals surface area contributed by atoms with Crippen LogP contribution >= 0.6 is 23.1 Å². The number of aryl methyl sites for hydroxylation is 2. The average molecular weight is 439 g/mol. The van der Waals surface area contributed by atoms with Gasteiger partial charge in [-0.15, -0.1) is 23.1 Å². The van der Waals surface area contributed by atoms with Crippen molar-refractivity contribution in [3.8, 4) is 11.3 Å². The van der Waals surface area contributed by atoms with Crippen LogP contribution in [0.4, 0.5) is 0 Å². The molecule has 2 unspecified atom stereocenters. The highest BCUT2D eigenvalue weighted by Gasteiger charge is 2.36. The Kier molecular flexibility index (Phi) is 4.52. The second-order valence-electron chi connectivity index (χ2n) is 7.79. The van der Waals surface area contributed by atoms with Gasteiger partial charge in [0, 0.05) is 37.0 Å². The molecular weight excluding hydrogens is 416 g/mol. The molecule has 2 atom stereocenters. The lowest BCUT2D eigenvalue weighted by Crippen LogP contribution is -2.37. The topological polar surface area (TPSA) is 61.8 Å². The van der Waals surface area contributed by atoms with Gasteiger partial charge in [0.05, 0.1) is 27.5 Å². The van der Waals surface area contributed by atoms with E-state index in [2.05, 4.69) is 16.9 Å². The molecule has 0 radical (unpaired) electrons. The predicted octanol–water partition coefficient (Wildman–Crippen LogP) is 3.70. The first-order chi connectivity index (χ1) is 14.4. The van der Waals surface area contributed by atoms with E-state index in [1.807, 2.05) is 49.0 Å². The fraction of sp³-hybridized carbons (Fsp3) is 0.318. The van der Waals surface area contributed by atoms with Crippen molar-refractivity contribution in [3.05, 3.63) is 72.9 Å². The van der Waals surface area contributed by atoms with Gasteiger partial charge in [-0.25, -0.2) is 9.78 Å². The molecule has 0 N–H and O–H groups in total. The molecular formula is C22H22N4O2S2. The summed E-state index contributed by atoms with van der Waals surface area (Å²) in [4.78, 5) is 31.0. The summed E-state index contributed by atoms with van der Waals surface area (Å²) in [5.41, 5.74) is 4.03. The fourth-order valence-electron chi connectivity index (χ4n) is 4.36. The molecule has 1 aromatic carbocycles. The summed E-state index contributed by atoms with van der Waals surface area (Å²) in [6.45, 7) is 4.98. The van der Waals surface area contributed by atoms with Gasteiger partial charge in [-0.05, 0) is 12.5 Å². The average Bonchev–Trinajstić information content (AvgIpc) is 3.32. The third kappa shape index (κ3) is 2.74. The smallest absolute Gasteiger partial charge is 0.331 e. The summed E-state index contributed by atoms with van der Waals surface area (Å²) in [7, 11) is 3.31. The number of hydrogen-bond donors (Lipinski definition) is 0. The zero-order valence-electron chi connectivity index (χ0n) is 17.2. The van der Waals surface area contributed by atoms with Crippen LogP contribution in [-0.2, 0) is 20.6 Å². The van der Waals surface area contributed by atoms with Crippen LogP contribution in [0, 0.1) is 6.92 Å². The van der Waals surface area contributed by atoms with Crippen molar-refractivity contribution in [2.24, 2.45) is 14.1 Å². The van der Waals surface area contributed by atoms with Crippen molar-refractivity contribution in [1.29, 1.82) is 0 Å². The zero-order chi connectivity index (χ0) is 21.2. The fourth-order valence-corrected chi connectivity index (χ4v) is 6.70. The van der Waals surface area contributed by atoms with Gasteiger partial charge >= 0.3 is 5.69 Å². The molecule has 0 spiro atoms. The number of benzene rings is 1. The molecule has 30 heavy (non-hydrogen) atoms. The Labute approximate surface area is 181 Å². The van der Waals surface area contributed by atoms with Gasteiger partial charge in [-0.1, -0.05) is 37.3 Å². The third-order valence-corrected chi connectivity index (χ3v) is 8.18. The van der Waals surface area contributed by atoms with Crippen molar-refractivity contribution >= 4 is 34.0 Å². The molecule has 0 bridgehead atoms. The standard InChI is InChI=1S/C22H22N4O2S2/c1-12-11-29-20(23-12)19-18-17-15(21(27)25(4)22(28)24(17)3)16(14-8-6-5-7-9-14)26(18)10-13(2)30-19/h5-9,11,13,19H,10H2,1-4H3. The SMILES string of the molecule is Cc1csc(C2SC(C)Cn3c(-c4ccccc4)c4c(=O)n(C)c(=O)n(C)c4c32)n1. The van der Waals surface area contributed by atoms with Crippen LogP contribution in [-0.4, -0.2) is 23.9 Å². The quantitative estimate of drug-likeness (QED) is 0.479. The maximum absolute atomic E-state index is 13.4. The van der Waals surface area contributed by atoms with Crippen molar-refractivity contribution in [2.75, 3.05) is 0 Å². The van der Waals surface area contributed by atoms with E-state index in [9.17, 15) is 9.59 Å². The van der Waals surface area contributed by atoms with Crippen LogP contribution in [0.2, 0.25) is 0 Å². The minimum atomic E-state index is -0.307. The summed E-state index contributed by atoms with van der Waals surface area (Å²) < 4.78 is 5.09. The van der Waals surface area contributed by atoms with E-state index in [1.54, 1.807) is 30.0 Å². The van der Waals surface area contributed by atoms with Gasteiger partial charge in [-0.2, -0.15) is 0 Å². The lowest BCUT2D eigenvalue weighted by atomic mass is 10.1. The summed E-state index contributed by atoms with van der Waals surface area (Å²) >= 11 is 3.48. The first kappa shape index (κ1) is 19.4. The van der Waals surface area contributed by atoms with Crippen LogP contribution in [0.25, 0.3) is 22.2 Å². The van der Waals surface area contributed by atoms with Crippen LogP contribution in [0.3, 0.4) is 0 Å². The van der Waals surface area contributed by atoms with Gasteiger partial charge in [0.2, 0.25) is 0 Å². The van der Waals surface area contributed by atoms with Crippen LogP contribution in [0.1, 0.15) is 28.6 Å². The minimum Gasteiger partial charge on any atom is -0.340 e. The Balaban J connectivity index is 1.98. The van der Waals surface area contributed by atoms with E-state index in [-0.39, 0.29) is 16.5 Å². The van der Waals surface area contributed by atoms with Crippen LogP contribution in [0.15, 0.2) is 45.3 Å². The maximum atomic E-state index is 13.4. The molecule has 5 rings (SSSR count). The molecule has 4 aromatic rings. The molecule has 1 aliphatic heterocycles. The number of rotatable bonds is 2. The normalized spacial score (nSPS) is 18.7. The molecule has 4 heterocycles. The molecule has 8 heteroatoms. The van der Waals surface area contributed by atoms with E-state index in [0.29, 0.717) is 10.6 Å². The first-order valence-electron chi connectivity index (χ1n) is 9.83. The Morgan fingerprint density at radius 2 is 1.83 bits per heavy atom. The summed E-state index contributed by atoms with van der Waals surface area (Å²) in [6, 6.07) is 9.99. The maximum Gasteiger partial charge on any atom is 0.331 e. The number of nitrogens with zero attached hydrogens (tertiary/aromatic N) is 4. The van der Waals surface area contributed by atoms with Crippen molar-refractivity contribution in [2.45, 2.75) is 30.9 Å². The Morgan fingerprint density at radius 3 is 2.50 bits per heavy atom. The monoisotopic (exact) mass is 438 g/mol. The molecule has 6 nitrogen and oxygen atoms in total. The Bertz CT molecular complexity index is 1390. The Hall–Kier alpha value is -2.58. The largest absolute Gasteiger partial charge is 0.340 e. The molecule has 3 aromatic heterocycles. The number of thioether (sulfide) groups is 1. The first-order valence-corrected chi connectivity index (χ1v) is 11.7. The van der Waals surface area contributed by atoms with Crippen LogP contribution < -0.4 is 11.2 Å². The number of thiazole rings is 1. The molecule has 0 fully saturated rings. The highest BCUT2D eigenvalue weighted by Crippen LogP contribution is 2.48. The molecule has 0 aliphatic carbocycles. The Morgan fingerprint density at radius 1 is 1.10 bits per heavy atom. The van der Waals surface area contributed by atoms with E-state index in [0.717, 1.165) is 39.7 Å². The van der Waals surface area contributed by atoms with Crippen molar-refractivity contribution in [1.82, 2.24) is 18.7 Å². The van der Waals surface area contributed by atoms with Gasteiger partial charge in [0.25, 0.3) is 5.56 Å². The molecule has 0 amide bonds. The number of aromatic nitrogens is 4. The van der Waals surface area contributed by atoms with Crippen LogP contribution in [0.5, 0.6) is 0 Å². The molecule has 0 saturated carbocycles. The van der Waals surface area contributed by atoms with Gasteiger partial charge in [0.15, 0.2) is 0 Å². The van der Waals surface area contributed by atoms with Gasteiger partial charge in [0.1, 0.15) is 5.01 Å². The lowest BCUT2D eigenvalue weighted by Gasteiger charge is -2.29. The second kappa shape index (κ2) is 6.99. The summed E-state index contributed by atoms with van der Waals surface area (Å²) in [5.74, 6) is 0. The number of fused-ring (bicyclic) bond motifs is 3. The van der Waals surface area contributed by atoms with E-state index in [1.165, 1.54) is 4.57 Å². The van der Waals surface area contributed by atoms with Gasteiger partial charge < -0.3 is 4.57 Å². The number of hydrogen-bond acceptors (Lipinski definition) is 5. The third-order valence-electron chi connectivity index (χ3n) is 5.67.